The third-order valence-electron chi connectivity index (χ3n) is 9.26. The van der Waals surface area contributed by atoms with E-state index in [1.165, 1.54) is 54.8 Å². The first-order valence-electron chi connectivity index (χ1n) is 17.5. The van der Waals surface area contributed by atoms with Crippen LogP contribution in [0.3, 0.4) is 0 Å². The van der Waals surface area contributed by atoms with Crippen LogP contribution in [0.15, 0.2) is 146 Å². The topological polar surface area (TPSA) is 159 Å². The number of hydrogen-bond acceptors (Lipinski definition) is 6. The molecule has 0 saturated heterocycles. The lowest BCUT2D eigenvalue weighted by Gasteiger charge is -2.12. The molecule has 8 rings (SSSR count). The second-order valence-corrected chi connectivity index (χ2v) is 12.6. The van der Waals surface area contributed by atoms with Gasteiger partial charge in [0.1, 0.15) is 13.1 Å². The number of pyridine rings is 2. The maximum absolute atomic E-state index is 9.36. The Morgan fingerprint density at radius 3 is 1.17 bits per heavy atom. The summed E-state index contributed by atoms with van der Waals surface area (Å²) in [4.78, 5) is 0. The Morgan fingerprint density at radius 1 is 0.537 bits per heavy atom. The Kier molecular flexibility index (Phi) is 12.1. The summed E-state index contributed by atoms with van der Waals surface area (Å²) >= 11 is 0. The van der Waals surface area contributed by atoms with Crippen LogP contribution in [-0.2, 0) is 13.1 Å². The van der Waals surface area contributed by atoms with Crippen molar-refractivity contribution in [2.75, 3.05) is 22.9 Å². The number of fused-ring (bicyclic) bond motifs is 6. The molecule has 272 valence electrons. The van der Waals surface area contributed by atoms with E-state index in [1.807, 2.05) is 36.4 Å². The van der Waals surface area contributed by atoms with E-state index in [-0.39, 0.29) is 17.0 Å². The van der Waals surface area contributed by atoms with Crippen LogP contribution in [0.1, 0.15) is 13.8 Å². The normalized spacial score (nSPS) is 10.6. The first kappa shape index (κ1) is 38.8. The molecule has 0 aliphatic rings. The van der Waals surface area contributed by atoms with Crippen molar-refractivity contribution in [3.05, 3.63) is 146 Å². The molecule has 8 nitrogen and oxygen atoms in total. The van der Waals surface area contributed by atoms with Gasteiger partial charge >= 0.3 is 0 Å². The molecule has 2 aromatic heterocycles. The molecule has 8 aromatic rings. The Balaban J connectivity index is 0.000000182. The molecule has 0 saturated carbocycles. The lowest BCUT2D eigenvalue weighted by atomic mass is 9.98. The zero-order valence-corrected chi connectivity index (χ0v) is 32.0. The van der Waals surface area contributed by atoms with Crippen LogP contribution in [0.2, 0.25) is 0 Å². The van der Waals surface area contributed by atoms with Crippen molar-refractivity contribution in [1.29, 1.82) is 5.41 Å². The minimum Gasteiger partial charge on any atom is -1.00 e. The van der Waals surface area contributed by atoms with E-state index in [2.05, 4.69) is 127 Å². The van der Waals surface area contributed by atoms with E-state index in [0.29, 0.717) is 0 Å². The monoisotopic (exact) mass is 777 g/mol. The molecule has 0 unspecified atom stereocenters. The highest BCUT2D eigenvalue weighted by Gasteiger charge is 2.24. The van der Waals surface area contributed by atoms with Gasteiger partial charge in [-0.15, -0.1) is 0 Å². The van der Waals surface area contributed by atoms with Crippen LogP contribution >= 0.6 is 0 Å². The Bertz CT molecular complexity index is 2450. The van der Waals surface area contributed by atoms with Crippen LogP contribution in [0, 0.1) is 5.41 Å². The summed E-state index contributed by atoms with van der Waals surface area (Å²) in [5, 5.41) is 22.5. The maximum atomic E-state index is 9.36. The smallest absolute Gasteiger partial charge is 0.220 e. The van der Waals surface area contributed by atoms with E-state index in [1.54, 1.807) is 0 Å². The highest BCUT2D eigenvalue weighted by molar-refractivity contribution is 6.11. The van der Waals surface area contributed by atoms with Crippen molar-refractivity contribution in [3.63, 3.8) is 0 Å². The van der Waals surface area contributed by atoms with Gasteiger partial charge in [-0.2, -0.15) is 9.13 Å². The lowest BCUT2D eigenvalue weighted by Crippen LogP contribution is -3.00. The summed E-state index contributed by atoms with van der Waals surface area (Å²) in [5.74, 6) is -0.731. The predicted octanol–water partition coefficient (Wildman–Crippen LogP) is 4.78. The van der Waals surface area contributed by atoms with Crippen LogP contribution in [-0.4, -0.2) is 5.90 Å². The van der Waals surface area contributed by atoms with E-state index >= 15 is 0 Å². The summed E-state index contributed by atoms with van der Waals surface area (Å²) in [6, 6.07) is 45.4. The fourth-order valence-electron chi connectivity index (χ4n) is 6.99. The Hall–Kier alpha value is -6.45. The summed E-state index contributed by atoms with van der Waals surface area (Å²) in [6.07, 6.45) is 0.944. The van der Waals surface area contributed by atoms with Gasteiger partial charge in [-0.25, -0.2) is 0 Å². The summed E-state index contributed by atoms with van der Waals surface area (Å²) in [7, 11) is 0. The van der Waals surface area contributed by atoms with E-state index in [4.69, 9.17) is 28.3 Å². The van der Waals surface area contributed by atoms with Gasteiger partial charge in [0.15, 0.2) is 0 Å². The minimum atomic E-state index is -0.731. The second kappa shape index (κ2) is 16.9. The van der Waals surface area contributed by atoms with Crippen LogP contribution in [0.4, 0.5) is 22.7 Å². The largest absolute Gasteiger partial charge is 1.00 e. The number of rotatable bonds is 5. The van der Waals surface area contributed by atoms with E-state index in [0.717, 1.165) is 52.9 Å². The molecule has 0 fully saturated rings. The van der Waals surface area contributed by atoms with Crippen LogP contribution < -0.4 is 54.2 Å². The van der Waals surface area contributed by atoms with Gasteiger partial charge in [-0.3, -0.25) is 0 Å². The minimum absolute atomic E-state index is 0. The Labute approximate surface area is 325 Å². The second-order valence-electron chi connectivity index (χ2n) is 12.6. The number of halogens is 1. The third-order valence-corrected chi connectivity index (χ3v) is 9.26. The van der Waals surface area contributed by atoms with Gasteiger partial charge in [0.2, 0.25) is 22.4 Å². The molecule has 2 heterocycles. The number of aromatic nitrogens is 2. The number of benzene rings is 6. The number of nitrogens with zero attached hydrogens (tertiary/aromatic N) is 2. The van der Waals surface area contributed by atoms with Gasteiger partial charge in [0.25, 0.3) is 0 Å². The zero-order chi connectivity index (χ0) is 37.6. The lowest BCUT2D eigenvalue weighted by molar-refractivity contribution is -0.655. The SMILES string of the molecule is C=CC(=N)[O-].CC[n+]1c(-c2ccccc2)c2cc(N)ccc2c2ccc(N)cc21.CC[n+]1c(-c2ccccc2)c2cc(N)ccc2c2ccc(N)cc21.[Br-]. The van der Waals surface area contributed by atoms with Crippen molar-refractivity contribution >= 4 is 72.0 Å². The molecule has 0 aliphatic heterocycles. The predicted molar refractivity (Wildman–Crippen MR) is 221 cm³/mol. The van der Waals surface area contributed by atoms with Crippen molar-refractivity contribution in [2.24, 2.45) is 0 Å². The van der Waals surface area contributed by atoms with Crippen LogP contribution in [0.25, 0.3) is 65.9 Å². The number of hydrogen-bond donors (Lipinski definition) is 5. The molecule has 0 radical (unpaired) electrons. The molecule has 0 amide bonds. The van der Waals surface area contributed by atoms with Crippen molar-refractivity contribution < 1.29 is 31.2 Å². The van der Waals surface area contributed by atoms with E-state index < -0.39 is 5.90 Å². The highest BCUT2D eigenvalue weighted by atomic mass is 79.9. The molecule has 6 aromatic carbocycles. The maximum Gasteiger partial charge on any atom is 0.220 e. The van der Waals surface area contributed by atoms with Crippen LogP contribution in [0.5, 0.6) is 0 Å². The molecular weight excluding hydrogens is 734 g/mol. The third kappa shape index (κ3) is 7.82. The molecule has 54 heavy (non-hydrogen) atoms. The standard InChI is InChI=1S/2C21H19N3.C3H5NO.BrH/c2*1-2-24-20-13-16(23)9-11-18(20)17-10-8-15(22)12-19(17)21(24)14-6-4-3-5-7-14;1-2-3(4)5;/h2*3-13,23H,2,22H2,1H3;2H,1H2,(H2,4,5);1H. The van der Waals surface area contributed by atoms with Gasteiger partial charge in [-0.05, 0) is 92.5 Å². The summed E-state index contributed by atoms with van der Waals surface area (Å²) in [5.41, 5.74) is 34.5. The first-order chi connectivity index (χ1) is 25.6. The molecule has 0 atom stereocenters. The molecule has 0 bridgehead atoms. The average molecular weight is 779 g/mol. The number of aryl methyl sites for hydroxylation is 2. The molecule has 9 N–H and O–H groups in total. The molecule has 0 spiro atoms. The van der Waals surface area contributed by atoms with Crippen molar-refractivity contribution in [3.8, 4) is 22.5 Å². The molecular formula is C45H44BrN7O. The molecule has 0 aliphatic carbocycles. The number of nitrogen functional groups attached to an aromatic ring is 4. The Morgan fingerprint density at radius 2 is 0.852 bits per heavy atom. The van der Waals surface area contributed by atoms with E-state index in [9.17, 15) is 5.11 Å². The quantitative estimate of drug-likeness (QED) is 0.0559. The zero-order valence-electron chi connectivity index (χ0n) is 30.4. The van der Waals surface area contributed by atoms with Gasteiger partial charge in [0, 0.05) is 56.8 Å². The number of nitrogens with one attached hydrogen (secondary N) is 1. The summed E-state index contributed by atoms with van der Waals surface area (Å²) < 4.78 is 4.64. The average Bonchev–Trinajstić information content (AvgIpc) is 3.17. The van der Waals surface area contributed by atoms with Gasteiger partial charge < -0.3 is 50.4 Å². The van der Waals surface area contributed by atoms with Gasteiger partial charge in [0.05, 0.1) is 21.5 Å². The first-order valence-corrected chi connectivity index (χ1v) is 17.5. The number of nitrogens with two attached hydrogens (primary N) is 4. The van der Waals surface area contributed by atoms with Crippen molar-refractivity contribution in [2.45, 2.75) is 26.9 Å². The fraction of sp³-hybridized carbons (Fsp3) is 0.0889. The van der Waals surface area contributed by atoms with Gasteiger partial charge in [-0.1, -0.05) is 61.2 Å². The highest BCUT2D eigenvalue weighted by Crippen LogP contribution is 2.35. The number of anilines is 4. The fourth-order valence-corrected chi connectivity index (χ4v) is 6.99. The molecule has 9 heteroatoms. The van der Waals surface area contributed by atoms with Crippen molar-refractivity contribution in [1.82, 2.24) is 0 Å². The summed E-state index contributed by atoms with van der Waals surface area (Å²) in [6.45, 7) is 9.06.